The monoisotopic (exact) mass is 329 g/mol. The molecule has 130 valence electrons. The minimum Gasteiger partial charge on any atom is -0.368 e. The number of benzene rings is 1. The van der Waals surface area contributed by atoms with Gasteiger partial charge in [0.15, 0.2) is 0 Å². The van der Waals surface area contributed by atoms with Gasteiger partial charge in [-0.25, -0.2) is 0 Å². The number of hydrogen-bond donors (Lipinski definition) is 1. The molecular weight excluding hydrogens is 302 g/mol. The lowest BCUT2D eigenvalue weighted by molar-refractivity contribution is -0.123. The molecule has 5 heteroatoms. The maximum atomic E-state index is 12.6. The van der Waals surface area contributed by atoms with E-state index in [0.717, 1.165) is 57.3 Å². The van der Waals surface area contributed by atoms with E-state index in [1.807, 2.05) is 29.2 Å². The number of nitrogens with zero attached hydrogens (tertiary/aromatic N) is 2. The number of carbonyl (C=O) groups excluding carboxylic acids is 2. The number of nitrogens with two attached hydrogens (primary N) is 1. The minimum atomic E-state index is -0.206. The molecule has 0 aromatic heterocycles. The van der Waals surface area contributed by atoms with Gasteiger partial charge in [0.25, 0.3) is 5.91 Å². The summed E-state index contributed by atoms with van der Waals surface area (Å²) in [5.41, 5.74) is 7.54. The first-order valence-electron chi connectivity index (χ1n) is 9.03. The number of primary amides is 1. The summed E-state index contributed by atoms with van der Waals surface area (Å²) in [4.78, 5) is 28.4. The van der Waals surface area contributed by atoms with E-state index < -0.39 is 0 Å². The highest BCUT2D eigenvalue weighted by molar-refractivity contribution is 5.94. The Morgan fingerprint density at radius 2 is 1.75 bits per heavy atom. The Balaban J connectivity index is 1.58. The Bertz CT molecular complexity index is 591. The molecule has 0 radical (unpaired) electrons. The smallest absolute Gasteiger partial charge is 0.253 e. The fourth-order valence-corrected chi connectivity index (χ4v) is 4.00. The highest BCUT2D eigenvalue weighted by Gasteiger charge is 2.36. The van der Waals surface area contributed by atoms with E-state index in [2.05, 4.69) is 11.8 Å². The van der Waals surface area contributed by atoms with Crippen LogP contribution in [0.25, 0.3) is 0 Å². The molecule has 0 aliphatic carbocycles. The molecule has 2 fully saturated rings. The first-order valence-corrected chi connectivity index (χ1v) is 9.03. The van der Waals surface area contributed by atoms with Gasteiger partial charge in [-0.2, -0.15) is 0 Å². The van der Waals surface area contributed by atoms with E-state index in [1.165, 1.54) is 5.56 Å². The van der Waals surface area contributed by atoms with Crippen molar-refractivity contribution in [2.45, 2.75) is 51.1 Å². The average molecular weight is 329 g/mol. The second-order valence-corrected chi connectivity index (χ2v) is 6.87. The summed E-state index contributed by atoms with van der Waals surface area (Å²) in [7, 11) is 0. The van der Waals surface area contributed by atoms with Gasteiger partial charge in [0.1, 0.15) is 0 Å². The molecule has 1 aromatic rings. The normalized spacial score (nSPS) is 22.7. The maximum Gasteiger partial charge on any atom is 0.253 e. The lowest BCUT2D eigenvalue weighted by Gasteiger charge is -2.38. The topological polar surface area (TPSA) is 66.6 Å². The third kappa shape index (κ3) is 3.46. The van der Waals surface area contributed by atoms with E-state index >= 15 is 0 Å². The number of rotatable bonds is 4. The predicted octanol–water partition coefficient (Wildman–Crippen LogP) is 1.80. The van der Waals surface area contributed by atoms with Crippen LogP contribution in [0.2, 0.25) is 0 Å². The molecule has 3 rings (SSSR count). The molecular formula is C19H27N3O2. The van der Waals surface area contributed by atoms with E-state index in [0.29, 0.717) is 6.04 Å². The summed E-state index contributed by atoms with van der Waals surface area (Å²) >= 11 is 0. The number of hydrogen-bond acceptors (Lipinski definition) is 3. The van der Waals surface area contributed by atoms with Gasteiger partial charge >= 0.3 is 0 Å². The Morgan fingerprint density at radius 1 is 1.08 bits per heavy atom. The Labute approximate surface area is 143 Å². The van der Waals surface area contributed by atoms with Crippen LogP contribution in [-0.2, 0) is 11.2 Å². The van der Waals surface area contributed by atoms with Crippen LogP contribution in [0, 0.1) is 0 Å². The molecule has 2 N–H and O–H groups in total. The molecule has 0 spiro atoms. The molecule has 0 bridgehead atoms. The molecule has 2 heterocycles. The van der Waals surface area contributed by atoms with Gasteiger partial charge in [-0.3, -0.25) is 14.5 Å². The Hall–Kier alpha value is -1.88. The van der Waals surface area contributed by atoms with Gasteiger partial charge in [-0.05, 0) is 56.3 Å². The fourth-order valence-electron chi connectivity index (χ4n) is 4.00. The van der Waals surface area contributed by atoms with E-state index in [4.69, 9.17) is 5.73 Å². The molecule has 1 aromatic carbocycles. The lowest BCUT2D eigenvalue weighted by Crippen LogP contribution is -2.51. The lowest BCUT2D eigenvalue weighted by atomic mass is 10.0. The number of likely N-dealkylation sites (tertiary alicyclic amines) is 2. The quantitative estimate of drug-likeness (QED) is 0.916. The first kappa shape index (κ1) is 17.0. The molecule has 1 atom stereocenters. The highest BCUT2D eigenvalue weighted by Crippen LogP contribution is 2.26. The standard InChI is InChI=1S/C19H27N3O2/c1-2-14-5-7-15(8-6-14)19(24)21-12-9-16(10-13-21)22-11-3-4-17(22)18(20)23/h5-8,16-17H,2-4,9-13H2,1H3,(H2,20,23)/t17-/m0/s1. The van der Waals surface area contributed by atoms with Gasteiger partial charge < -0.3 is 10.6 Å². The highest BCUT2D eigenvalue weighted by atomic mass is 16.2. The van der Waals surface area contributed by atoms with Crippen molar-refractivity contribution in [1.82, 2.24) is 9.80 Å². The molecule has 2 aliphatic heterocycles. The van der Waals surface area contributed by atoms with Crippen LogP contribution in [0.1, 0.15) is 48.5 Å². The minimum absolute atomic E-state index is 0.112. The van der Waals surface area contributed by atoms with Crippen molar-refractivity contribution in [3.8, 4) is 0 Å². The zero-order chi connectivity index (χ0) is 17.1. The number of piperidine rings is 1. The molecule has 2 aliphatic rings. The summed E-state index contributed by atoms with van der Waals surface area (Å²) in [6.45, 7) is 4.56. The summed E-state index contributed by atoms with van der Waals surface area (Å²) in [6, 6.07) is 8.17. The second-order valence-electron chi connectivity index (χ2n) is 6.87. The van der Waals surface area contributed by atoms with E-state index in [1.54, 1.807) is 0 Å². The third-order valence-electron chi connectivity index (χ3n) is 5.45. The third-order valence-corrected chi connectivity index (χ3v) is 5.45. The van der Waals surface area contributed by atoms with Crippen LogP contribution in [0.3, 0.4) is 0 Å². The van der Waals surface area contributed by atoms with Crippen molar-refractivity contribution < 1.29 is 9.59 Å². The second kappa shape index (κ2) is 7.34. The van der Waals surface area contributed by atoms with Gasteiger partial charge in [0, 0.05) is 24.7 Å². The maximum absolute atomic E-state index is 12.6. The van der Waals surface area contributed by atoms with Crippen molar-refractivity contribution >= 4 is 11.8 Å². The van der Waals surface area contributed by atoms with Crippen LogP contribution in [0.5, 0.6) is 0 Å². The molecule has 5 nitrogen and oxygen atoms in total. The average Bonchev–Trinajstić information content (AvgIpc) is 3.11. The first-order chi connectivity index (χ1) is 11.6. The zero-order valence-electron chi connectivity index (χ0n) is 14.4. The number of aryl methyl sites for hydroxylation is 1. The SMILES string of the molecule is CCc1ccc(C(=O)N2CCC(N3CCC[C@H]3C(N)=O)CC2)cc1. The largest absolute Gasteiger partial charge is 0.368 e. The Morgan fingerprint density at radius 3 is 2.33 bits per heavy atom. The van der Waals surface area contributed by atoms with Gasteiger partial charge in [0.05, 0.1) is 6.04 Å². The van der Waals surface area contributed by atoms with Crippen LogP contribution >= 0.6 is 0 Å². The molecule has 0 unspecified atom stereocenters. The van der Waals surface area contributed by atoms with Gasteiger partial charge in [0.2, 0.25) is 5.91 Å². The predicted molar refractivity (Wildman–Crippen MR) is 93.7 cm³/mol. The van der Waals surface area contributed by atoms with Crippen molar-refractivity contribution in [3.63, 3.8) is 0 Å². The van der Waals surface area contributed by atoms with Crippen LogP contribution in [0.15, 0.2) is 24.3 Å². The van der Waals surface area contributed by atoms with Gasteiger partial charge in [-0.1, -0.05) is 19.1 Å². The molecule has 0 saturated carbocycles. The van der Waals surface area contributed by atoms with Gasteiger partial charge in [-0.15, -0.1) is 0 Å². The summed E-state index contributed by atoms with van der Waals surface area (Å²) in [5, 5.41) is 0. The van der Waals surface area contributed by atoms with Crippen molar-refractivity contribution in [2.24, 2.45) is 5.73 Å². The Kier molecular flexibility index (Phi) is 5.19. The fraction of sp³-hybridized carbons (Fsp3) is 0.579. The van der Waals surface area contributed by atoms with Crippen LogP contribution < -0.4 is 5.73 Å². The summed E-state index contributed by atoms with van der Waals surface area (Å²) < 4.78 is 0. The van der Waals surface area contributed by atoms with E-state index in [-0.39, 0.29) is 17.9 Å². The molecule has 24 heavy (non-hydrogen) atoms. The number of carbonyl (C=O) groups is 2. The van der Waals surface area contributed by atoms with Crippen LogP contribution in [-0.4, -0.2) is 53.3 Å². The van der Waals surface area contributed by atoms with Crippen LogP contribution in [0.4, 0.5) is 0 Å². The van der Waals surface area contributed by atoms with Crippen molar-refractivity contribution in [3.05, 3.63) is 35.4 Å². The van der Waals surface area contributed by atoms with Crippen molar-refractivity contribution in [1.29, 1.82) is 0 Å². The number of amides is 2. The summed E-state index contributed by atoms with van der Waals surface area (Å²) in [5.74, 6) is -0.0917. The zero-order valence-corrected chi connectivity index (χ0v) is 14.4. The molecule has 2 amide bonds. The molecule has 2 saturated heterocycles. The van der Waals surface area contributed by atoms with E-state index in [9.17, 15) is 9.59 Å². The van der Waals surface area contributed by atoms with Crippen molar-refractivity contribution in [2.75, 3.05) is 19.6 Å². The summed E-state index contributed by atoms with van der Waals surface area (Å²) in [6.07, 6.45) is 4.73.